The molecule has 29 heavy (non-hydrogen) atoms. The Morgan fingerprint density at radius 2 is 1.90 bits per heavy atom. The average molecular weight is 396 g/mol. The van der Waals surface area contributed by atoms with Crippen LogP contribution in [0.15, 0.2) is 42.6 Å². The molecule has 7 heteroatoms. The Hall–Kier alpha value is -2.67. The van der Waals surface area contributed by atoms with Gasteiger partial charge in [-0.05, 0) is 43.9 Å². The molecule has 0 radical (unpaired) electrons. The van der Waals surface area contributed by atoms with Gasteiger partial charge in [-0.15, -0.1) is 0 Å². The first-order valence-corrected chi connectivity index (χ1v) is 10.6. The molecule has 0 spiro atoms. The second kappa shape index (κ2) is 9.22. The first-order valence-electron chi connectivity index (χ1n) is 10.6. The maximum atomic E-state index is 12.8. The van der Waals surface area contributed by atoms with E-state index in [4.69, 9.17) is 0 Å². The number of nitrogens with zero attached hydrogens (tertiary/aromatic N) is 3. The number of aromatic nitrogens is 2. The van der Waals surface area contributed by atoms with Crippen molar-refractivity contribution < 1.29 is 9.59 Å². The van der Waals surface area contributed by atoms with E-state index in [1.54, 1.807) is 0 Å². The largest absolute Gasteiger partial charge is 0.352 e. The van der Waals surface area contributed by atoms with Gasteiger partial charge in [0.2, 0.25) is 5.91 Å². The number of amides is 2. The number of likely N-dealkylation sites (tertiary alicyclic amines) is 1. The zero-order valence-electron chi connectivity index (χ0n) is 16.7. The van der Waals surface area contributed by atoms with Gasteiger partial charge in [-0.2, -0.15) is 5.10 Å². The second-order valence-corrected chi connectivity index (χ2v) is 7.95. The fourth-order valence-electron chi connectivity index (χ4n) is 4.15. The Morgan fingerprint density at radius 1 is 1.10 bits per heavy atom. The predicted molar refractivity (Wildman–Crippen MR) is 110 cm³/mol. The highest BCUT2D eigenvalue weighted by atomic mass is 16.2. The van der Waals surface area contributed by atoms with E-state index in [1.807, 2.05) is 52.2 Å². The van der Waals surface area contributed by atoms with Crippen molar-refractivity contribution in [1.29, 1.82) is 0 Å². The quantitative estimate of drug-likeness (QED) is 0.811. The number of hydrogen-bond acceptors (Lipinski definition) is 4. The fourth-order valence-corrected chi connectivity index (χ4v) is 4.15. The van der Waals surface area contributed by atoms with Gasteiger partial charge in [0, 0.05) is 38.3 Å². The molecule has 2 aliphatic rings. The molecule has 2 saturated heterocycles. The summed E-state index contributed by atoms with van der Waals surface area (Å²) in [7, 11) is 0. The van der Waals surface area contributed by atoms with Gasteiger partial charge < -0.3 is 15.5 Å². The Labute approximate surface area is 171 Å². The van der Waals surface area contributed by atoms with Gasteiger partial charge in [-0.1, -0.05) is 30.3 Å². The molecule has 1 atom stereocenters. The Bertz CT molecular complexity index is 821. The normalized spacial score (nSPS) is 20.4. The van der Waals surface area contributed by atoms with Crippen molar-refractivity contribution in [2.45, 2.75) is 38.3 Å². The molecule has 2 aliphatic heterocycles. The molecule has 1 aromatic heterocycles. The third-order valence-electron chi connectivity index (χ3n) is 5.93. The zero-order chi connectivity index (χ0) is 20.1. The van der Waals surface area contributed by atoms with Gasteiger partial charge in [0.15, 0.2) is 0 Å². The van der Waals surface area contributed by atoms with E-state index in [0.29, 0.717) is 44.2 Å². The molecule has 2 amide bonds. The molecule has 2 fully saturated rings. The highest BCUT2D eigenvalue weighted by Gasteiger charge is 2.29. The van der Waals surface area contributed by atoms with Crippen molar-refractivity contribution in [3.63, 3.8) is 0 Å². The molecule has 2 N–H and O–H groups in total. The Kier molecular flexibility index (Phi) is 6.24. The molecule has 0 saturated carbocycles. The lowest BCUT2D eigenvalue weighted by Gasteiger charge is -2.31. The van der Waals surface area contributed by atoms with E-state index in [9.17, 15) is 9.59 Å². The topological polar surface area (TPSA) is 79.3 Å². The van der Waals surface area contributed by atoms with E-state index >= 15 is 0 Å². The van der Waals surface area contributed by atoms with Gasteiger partial charge in [0.1, 0.15) is 5.69 Å². The van der Waals surface area contributed by atoms with Gasteiger partial charge >= 0.3 is 0 Å². The average Bonchev–Trinajstić information content (AvgIpc) is 3.29. The van der Waals surface area contributed by atoms with Crippen molar-refractivity contribution in [2.24, 2.45) is 5.92 Å². The lowest BCUT2D eigenvalue weighted by molar-refractivity contribution is -0.126. The number of nitrogens with one attached hydrogen (secondary N) is 2. The molecular formula is C22H29N5O2. The van der Waals surface area contributed by atoms with Crippen molar-refractivity contribution in [2.75, 3.05) is 26.2 Å². The van der Waals surface area contributed by atoms with Crippen LogP contribution in [0, 0.1) is 5.92 Å². The molecular weight excluding hydrogens is 366 g/mol. The standard InChI is InChI=1S/C22H29N5O2/c28-21(24-15-17-5-2-1-3-6-17)18-8-12-26(13-9-18)22(29)20-10-14-27(25-20)19-7-4-11-23-16-19/h1-3,5-6,10,14,18-19,23H,4,7-9,11-13,15-16H2,(H,24,28). The third-order valence-corrected chi connectivity index (χ3v) is 5.93. The van der Waals surface area contributed by atoms with Crippen LogP contribution in [0.25, 0.3) is 0 Å². The molecule has 154 valence electrons. The van der Waals surface area contributed by atoms with Crippen molar-refractivity contribution in [3.8, 4) is 0 Å². The monoisotopic (exact) mass is 395 g/mol. The van der Waals surface area contributed by atoms with E-state index in [-0.39, 0.29) is 17.7 Å². The third kappa shape index (κ3) is 4.85. The van der Waals surface area contributed by atoms with E-state index in [0.717, 1.165) is 31.5 Å². The lowest BCUT2D eigenvalue weighted by Crippen LogP contribution is -2.43. The highest BCUT2D eigenvalue weighted by Crippen LogP contribution is 2.20. The Balaban J connectivity index is 1.26. The predicted octanol–water partition coefficient (Wildman–Crippen LogP) is 1.98. The molecule has 2 aromatic rings. The molecule has 1 unspecified atom stereocenters. The number of carbonyl (C=O) groups is 2. The summed E-state index contributed by atoms with van der Waals surface area (Å²) in [5.41, 5.74) is 1.60. The molecule has 1 aromatic carbocycles. The van der Waals surface area contributed by atoms with Gasteiger partial charge in [-0.25, -0.2) is 0 Å². The van der Waals surface area contributed by atoms with Crippen LogP contribution in [-0.2, 0) is 11.3 Å². The first kappa shape index (κ1) is 19.6. The number of rotatable bonds is 5. The molecule has 4 rings (SSSR count). The summed E-state index contributed by atoms with van der Waals surface area (Å²) in [5.74, 6) is 0.0133. The van der Waals surface area contributed by atoms with Gasteiger partial charge in [0.05, 0.1) is 6.04 Å². The summed E-state index contributed by atoms with van der Waals surface area (Å²) < 4.78 is 1.92. The highest BCUT2D eigenvalue weighted by molar-refractivity contribution is 5.92. The van der Waals surface area contributed by atoms with E-state index in [2.05, 4.69) is 15.7 Å². The van der Waals surface area contributed by atoms with Crippen LogP contribution >= 0.6 is 0 Å². The maximum absolute atomic E-state index is 12.8. The van der Waals surface area contributed by atoms with Crippen LogP contribution in [0.3, 0.4) is 0 Å². The summed E-state index contributed by atoms with van der Waals surface area (Å²) >= 11 is 0. The van der Waals surface area contributed by atoms with Crippen molar-refractivity contribution >= 4 is 11.8 Å². The molecule has 3 heterocycles. The van der Waals surface area contributed by atoms with Crippen LogP contribution in [0.1, 0.15) is 47.8 Å². The maximum Gasteiger partial charge on any atom is 0.274 e. The summed E-state index contributed by atoms with van der Waals surface area (Å²) in [6, 6.07) is 12.1. The van der Waals surface area contributed by atoms with E-state index in [1.165, 1.54) is 0 Å². The number of hydrogen-bond donors (Lipinski definition) is 2. The van der Waals surface area contributed by atoms with Crippen molar-refractivity contribution in [3.05, 3.63) is 53.9 Å². The summed E-state index contributed by atoms with van der Waals surface area (Å²) in [4.78, 5) is 27.1. The van der Waals surface area contributed by atoms with Crippen LogP contribution in [0.5, 0.6) is 0 Å². The van der Waals surface area contributed by atoms with Gasteiger partial charge in [0.25, 0.3) is 5.91 Å². The van der Waals surface area contributed by atoms with Crippen LogP contribution in [0.2, 0.25) is 0 Å². The SMILES string of the molecule is O=C(NCc1ccccc1)C1CCN(C(=O)c2ccn(C3CCCNC3)n2)CC1. The number of carbonyl (C=O) groups excluding carboxylic acids is 2. The van der Waals surface area contributed by atoms with Gasteiger partial charge in [-0.3, -0.25) is 14.3 Å². The minimum absolute atomic E-state index is 0.0318. The van der Waals surface area contributed by atoms with E-state index < -0.39 is 0 Å². The molecule has 7 nitrogen and oxygen atoms in total. The minimum atomic E-state index is -0.0337. The Morgan fingerprint density at radius 3 is 2.62 bits per heavy atom. The van der Waals surface area contributed by atoms with Crippen LogP contribution in [0.4, 0.5) is 0 Å². The summed E-state index contributed by atoms with van der Waals surface area (Å²) in [6.45, 7) is 3.70. The number of piperidine rings is 2. The van der Waals surface area contributed by atoms with Crippen LogP contribution < -0.4 is 10.6 Å². The minimum Gasteiger partial charge on any atom is -0.352 e. The first-order chi connectivity index (χ1) is 14.2. The number of benzene rings is 1. The molecule has 0 bridgehead atoms. The van der Waals surface area contributed by atoms with Crippen molar-refractivity contribution in [1.82, 2.24) is 25.3 Å². The summed E-state index contributed by atoms with van der Waals surface area (Å²) in [6.07, 6.45) is 5.52. The lowest BCUT2D eigenvalue weighted by atomic mass is 9.95. The second-order valence-electron chi connectivity index (χ2n) is 7.95. The molecule has 0 aliphatic carbocycles. The smallest absolute Gasteiger partial charge is 0.274 e. The summed E-state index contributed by atoms with van der Waals surface area (Å²) in [5, 5.41) is 10.9. The zero-order valence-corrected chi connectivity index (χ0v) is 16.7. The van der Waals surface area contributed by atoms with Crippen LogP contribution in [-0.4, -0.2) is 52.7 Å². The fraction of sp³-hybridized carbons (Fsp3) is 0.500.